The van der Waals surface area contributed by atoms with Gasteiger partial charge in [-0.25, -0.2) is 0 Å². The Bertz CT molecular complexity index is 609. The number of nitrogens with one attached hydrogen (secondary N) is 1. The molecular formula is C22H35N3O3. The third kappa shape index (κ3) is 6.19. The number of hydrogen-bond donors (Lipinski definition) is 1. The number of carbonyl (C=O) groups excluding carboxylic acids is 1. The number of carbonyl (C=O) groups is 1. The van der Waals surface area contributed by atoms with Crippen LogP contribution in [0.4, 0.5) is 0 Å². The largest absolute Gasteiger partial charge is 0.490 e. The van der Waals surface area contributed by atoms with Gasteiger partial charge in [0, 0.05) is 45.0 Å². The van der Waals surface area contributed by atoms with Crippen molar-refractivity contribution in [3.8, 4) is 5.75 Å². The Morgan fingerprint density at radius 3 is 2.61 bits per heavy atom. The number of methoxy groups -OCH3 is 1. The van der Waals surface area contributed by atoms with Crippen LogP contribution >= 0.6 is 0 Å². The monoisotopic (exact) mass is 389 g/mol. The normalized spacial score (nSPS) is 20.2. The Balaban J connectivity index is 1.44. The minimum Gasteiger partial charge on any atom is -0.490 e. The van der Waals surface area contributed by atoms with E-state index in [-0.39, 0.29) is 12.0 Å². The third-order valence-electron chi connectivity index (χ3n) is 5.89. The number of benzene rings is 1. The Morgan fingerprint density at radius 2 is 1.89 bits per heavy atom. The fourth-order valence-corrected chi connectivity index (χ4v) is 4.14. The fraction of sp³-hybridized carbons (Fsp3) is 0.682. The molecule has 1 amide bonds. The van der Waals surface area contributed by atoms with Gasteiger partial charge >= 0.3 is 0 Å². The summed E-state index contributed by atoms with van der Waals surface area (Å²) in [5.41, 5.74) is 0.652. The van der Waals surface area contributed by atoms with Gasteiger partial charge in [-0.3, -0.25) is 4.79 Å². The molecule has 3 rings (SSSR count). The van der Waals surface area contributed by atoms with Gasteiger partial charge in [0.25, 0.3) is 5.91 Å². The summed E-state index contributed by atoms with van der Waals surface area (Å²) in [7, 11) is 3.88. The first-order valence-corrected chi connectivity index (χ1v) is 10.6. The van der Waals surface area contributed by atoms with Crippen LogP contribution in [0.1, 0.15) is 42.5 Å². The summed E-state index contributed by atoms with van der Waals surface area (Å²) in [5.74, 6) is 0.737. The maximum absolute atomic E-state index is 12.3. The minimum absolute atomic E-state index is 0.0568. The maximum atomic E-state index is 12.3. The molecule has 2 aliphatic rings. The van der Waals surface area contributed by atoms with E-state index < -0.39 is 0 Å². The molecule has 1 aromatic carbocycles. The molecular weight excluding hydrogens is 354 g/mol. The molecule has 28 heavy (non-hydrogen) atoms. The van der Waals surface area contributed by atoms with Crippen molar-refractivity contribution in [3.63, 3.8) is 0 Å². The highest BCUT2D eigenvalue weighted by Crippen LogP contribution is 2.24. The molecule has 0 aromatic heterocycles. The SMILES string of the molecule is COCCCNC(=O)c1cccc(OC2CCN(C3CCN(C)CC3)CC2)c1. The minimum atomic E-state index is -0.0568. The van der Waals surface area contributed by atoms with Crippen molar-refractivity contribution in [2.45, 2.75) is 44.2 Å². The van der Waals surface area contributed by atoms with Gasteiger partial charge in [-0.05, 0) is 70.4 Å². The number of amides is 1. The van der Waals surface area contributed by atoms with Gasteiger partial charge in [0.15, 0.2) is 0 Å². The number of nitrogens with zero attached hydrogens (tertiary/aromatic N) is 2. The molecule has 0 saturated carbocycles. The van der Waals surface area contributed by atoms with Gasteiger partial charge in [0.2, 0.25) is 0 Å². The highest BCUT2D eigenvalue weighted by molar-refractivity contribution is 5.94. The van der Waals surface area contributed by atoms with Crippen molar-refractivity contribution in [1.82, 2.24) is 15.1 Å². The molecule has 0 radical (unpaired) electrons. The fourth-order valence-electron chi connectivity index (χ4n) is 4.14. The van der Waals surface area contributed by atoms with Gasteiger partial charge in [0.1, 0.15) is 11.9 Å². The molecule has 156 valence electrons. The van der Waals surface area contributed by atoms with E-state index in [4.69, 9.17) is 9.47 Å². The van der Waals surface area contributed by atoms with Crippen LogP contribution in [0.2, 0.25) is 0 Å². The molecule has 2 aliphatic heterocycles. The van der Waals surface area contributed by atoms with Crippen molar-refractivity contribution < 1.29 is 14.3 Å². The number of likely N-dealkylation sites (tertiary alicyclic amines) is 2. The molecule has 2 saturated heterocycles. The third-order valence-corrected chi connectivity index (χ3v) is 5.89. The second-order valence-corrected chi connectivity index (χ2v) is 8.02. The second-order valence-electron chi connectivity index (χ2n) is 8.02. The molecule has 6 heteroatoms. The zero-order valence-electron chi connectivity index (χ0n) is 17.4. The molecule has 2 fully saturated rings. The molecule has 0 aliphatic carbocycles. The van der Waals surface area contributed by atoms with Crippen molar-refractivity contribution in [1.29, 1.82) is 0 Å². The van der Waals surface area contributed by atoms with E-state index in [1.165, 1.54) is 25.9 Å². The van der Waals surface area contributed by atoms with Crippen LogP contribution < -0.4 is 10.1 Å². The smallest absolute Gasteiger partial charge is 0.251 e. The van der Waals surface area contributed by atoms with Crippen LogP contribution in [-0.4, -0.2) is 81.3 Å². The van der Waals surface area contributed by atoms with Crippen LogP contribution in [-0.2, 0) is 4.74 Å². The molecule has 0 atom stereocenters. The van der Waals surface area contributed by atoms with E-state index in [1.807, 2.05) is 24.3 Å². The Kier molecular flexibility index (Phi) is 8.13. The van der Waals surface area contributed by atoms with Gasteiger partial charge in [0.05, 0.1) is 0 Å². The average Bonchev–Trinajstić information content (AvgIpc) is 2.72. The molecule has 1 aromatic rings. The Labute approximate surface area is 169 Å². The lowest BCUT2D eigenvalue weighted by Crippen LogP contribution is -2.48. The summed E-state index contributed by atoms with van der Waals surface area (Å²) >= 11 is 0. The molecule has 0 bridgehead atoms. The lowest BCUT2D eigenvalue weighted by atomic mass is 9.99. The summed E-state index contributed by atoms with van der Waals surface area (Å²) in [5, 5.41) is 2.93. The molecule has 2 heterocycles. The highest BCUT2D eigenvalue weighted by Gasteiger charge is 2.28. The first kappa shape index (κ1) is 21.1. The van der Waals surface area contributed by atoms with Gasteiger partial charge in [-0.2, -0.15) is 0 Å². The van der Waals surface area contributed by atoms with Crippen LogP contribution in [0.3, 0.4) is 0 Å². The molecule has 6 nitrogen and oxygen atoms in total. The second kappa shape index (κ2) is 10.8. The number of piperidine rings is 2. The van der Waals surface area contributed by atoms with Crippen LogP contribution in [0, 0.1) is 0 Å². The van der Waals surface area contributed by atoms with Gasteiger partial charge in [-0.1, -0.05) is 6.07 Å². The van der Waals surface area contributed by atoms with E-state index in [9.17, 15) is 4.79 Å². The summed E-state index contributed by atoms with van der Waals surface area (Å²) in [6, 6.07) is 8.27. The van der Waals surface area contributed by atoms with Crippen molar-refractivity contribution in [2.24, 2.45) is 0 Å². The predicted molar refractivity (Wildman–Crippen MR) is 111 cm³/mol. The van der Waals surface area contributed by atoms with Crippen LogP contribution in [0.25, 0.3) is 0 Å². The van der Waals surface area contributed by atoms with E-state index in [2.05, 4.69) is 22.2 Å². The Morgan fingerprint density at radius 1 is 1.14 bits per heavy atom. The quantitative estimate of drug-likeness (QED) is 0.692. The summed E-state index contributed by atoms with van der Waals surface area (Å²) < 4.78 is 11.2. The predicted octanol–water partition coefficient (Wildman–Crippen LogP) is 2.39. The topological polar surface area (TPSA) is 54.0 Å². The molecule has 0 spiro atoms. The van der Waals surface area contributed by atoms with E-state index >= 15 is 0 Å². The van der Waals surface area contributed by atoms with Crippen LogP contribution in [0.5, 0.6) is 5.75 Å². The highest BCUT2D eigenvalue weighted by atomic mass is 16.5. The van der Waals surface area contributed by atoms with Gasteiger partial charge < -0.3 is 24.6 Å². The number of ether oxygens (including phenoxy) is 2. The summed E-state index contributed by atoms with van der Waals surface area (Å²) in [6.45, 7) is 5.91. The summed E-state index contributed by atoms with van der Waals surface area (Å²) in [6.07, 6.45) is 5.73. The van der Waals surface area contributed by atoms with Gasteiger partial charge in [-0.15, -0.1) is 0 Å². The zero-order valence-corrected chi connectivity index (χ0v) is 17.4. The van der Waals surface area contributed by atoms with E-state index in [0.29, 0.717) is 18.7 Å². The summed E-state index contributed by atoms with van der Waals surface area (Å²) in [4.78, 5) is 17.3. The van der Waals surface area contributed by atoms with Crippen molar-refractivity contribution in [3.05, 3.63) is 29.8 Å². The molecule has 1 N–H and O–H groups in total. The standard InChI is InChI=1S/C22H35N3O3/c1-24-12-7-19(8-13-24)25-14-9-20(10-15-25)28-21-6-3-5-18(17-21)22(26)23-11-4-16-27-2/h3,5-6,17,19-20H,4,7-16H2,1-2H3,(H,23,26). The van der Waals surface area contributed by atoms with Crippen LogP contribution in [0.15, 0.2) is 24.3 Å². The maximum Gasteiger partial charge on any atom is 0.251 e. The number of hydrogen-bond acceptors (Lipinski definition) is 5. The Hall–Kier alpha value is -1.63. The lowest BCUT2D eigenvalue weighted by Gasteiger charge is -2.41. The first-order chi connectivity index (χ1) is 13.7. The average molecular weight is 390 g/mol. The first-order valence-electron chi connectivity index (χ1n) is 10.6. The zero-order chi connectivity index (χ0) is 19.8. The van der Waals surface area contributed by atoms with E-state index in [0.717, 1.165) is 44.1 Å². The molecule has 0 unspecified atom stereocenters. The van der Waals surface area contributed by atoms with Crippen molar-refractivity contribution in [2.75, 3.05) is 53.5 Å². The van der Waals surface area contributed by atoms with E-state index in [1.54, 1.807) is 7.11 Å². The lowest BCUT2D eigenvalue weighted by molar-refractivity contribution is 0.0525. The van der Waals surface area contributed by atoms with Crippen molar-refractivity contribution >= 4 is 5.91 Å². The number of rotatable bonds is 8.